The molecule has 2 N–H and O–H groups in total. The molecular weight excluding hydrogens is 582 g/mol. The smallest absolute Gasteiger partial charge is 0.387 e. The van der Waals surface area contributed by atoms with Crippen LogP contribution < -0.4 is 15.5 Å². The van der Waals surface area contributed by atoms with Gasteiger partial charge in [-0.2, -0.15) is 13.9 Å². The molecule has 0 radical (unpaired) electrons. The van der Waals surface area contributed by atoms with Gasteiger partial charge in [-0.25, -0.2) is 14.9 Å². The normalized spacial score (nSPS) is 19.5. The quantitative estimate of drug-likeness (QED) is 0.352. The minimum Gasteiger partial charge on any atom is -0.434 e. The van der Waals surface area contributed by atoms with Crippen molar-refractivity contribution in [2.75, 3.05) is 52.5 Å². The predicted molar refractivity (Wildman–Crippen MR) is 153 cm³/mol. The molecular formula is C28H32F2N8O4S. The van der Waals surface area contributed by atoms with E-state index >= 15 is 0 Å². The zero-order chi connectivity index (χ0) is 29.9. The molecule has 228 valence electrons. The summed E-state index contributed by atoms with van der Waals surface area (Å²) in [5.74, 6) is -0.608. The van der Waals surface area contributed by atoms with Gasteiger partial charge in [0.2, 0.25) is 5.91 Å². The average Bonchev–Trinajstić information content (AvgIpc) is 3.59. The number of carbonyl (C=O) groups is 2. The molecule has 12 nitrogen and oxygen atoms in total. The van der Waals surface area contributed by atoms with Crippen molar-refractivity contribution in [1.29, 1.82) is 0 Å². The summed E-state index contributed by atoms with van der Waals surface area (Å²) < 4.78 is 38.6. The molecule has 6 rings (SSSR count). The number of halogens is 2. The number of aromatic nitrogens is 3. The fourth-order valence-corrected chi connectivity index (χ4v) is 6.25. The fourth-order valence-electron chi connectivity index (χ4n) is 5.20. The molecule has 1 unspecified atom stereocenters. The Kier molecular flexibility index (Phi) is 8.74. The van der Waals surface area contributed by atoms with Crippen LogP contribution in [0.5, 0.6) is 5.75 Å². The van der Waals surface area contributed by atoms with E-state index in [0.717, 1.165) is 24.5 Å². The molecule has 0 aliphatic carbocycles. The van der Waals surface area contributed by atoms with Crippen LogP contribution in [0.15, 0.2) is 59.6 Å². The highest BCUT2D eigenvalue weighted by atomic mass is 32.2. The van der Waals surface area contributed by atoms with Crippen molar-refractivity contribution in [1.82, 2.24) is 40.1 Å². The van der Waals surface area contributed by atoms with Crippen LogP contribution in [0, 0.1) is 0 Å². The van der Waals surface area contributed by atoms with Crippen LogP contribution in [0.25, 0.3) is 5.65 Å². The van der Waals surface area contributed by atoms with Crippen LogP contribution >= 0.6 is 11.8 Å². The molecule has 2 amide bonds. The lowest BCUT2D eigenvalue weighted by molar-refractivity contribution is -0.134. The van der Waals surface area contributed by atoms with Gasteiger partial charge in [-0.15, -0.1) is 11.8 Å². The van der Waals surface area contributed by atoms with Gasteiger partial charge in [0.05, 0.1) is 36.4 Å². The molecule has 0 spiro atoms. The van der Waals surface area contributed by atoms with Crippen LogP contribution in [0.4, 0.5) is 8.78 Å². The van der Waals surface area contributed by atoms with Crippen LogP contribution in [-0.2, 0) is 9.53 Å². The van der Waals surface area contributed by atoms with E-state index in [0.29, 0.717) is 43.2 Å². The van der Waals surface area contributed by atoms with Crippen LogP contribution in [-0.4, -0.2) is 106 Å². The summed E-state index contributed by atoms with van der Waals surface area (Å²) in [6.07, 6.45) is 6.27. The maximum absolute atomic E-state index is 13.5. The summed E-state index contributed by atoms with van der Waals surface area (Å²) in [6.45, 7) is 4.01. The Hall–Kier alpha value is -3.79. The maximum Gasteiger partial charge on any atom is 0.387 e. The molecule has 15 heteroatoms. The van der Waals surface area contributed by atoms with Crippen LogP contribution in [0.2, 0.25) is 0 Å². The zero-order valence-electron chi connectivity index (χ0n) is 23.5. The molecule has 1 aromatic carbocycles. The number of piperazine rings is 1. The summed E-state index contributed by atoms with van der Waals surface area (Å²) in [5.41, 5.74) is 4.58. The maximum atomic E-state index is 13.5. The monoisotopic (exact) mass is 614 g/mol. The lowest BCUT2D eigenvalue weighted by atomic mass is 10.0. The number of fused-ring (bicyclic) bond motifs is 1. The summed E-state index contributed by atoms with van der Waals surface area (Å²) in [7, 11) is 0. The zero-order valence-corrected chi connectivity index (χ0v) is 24.3. The number of amides is 2. The first-order chi connectivity index (χ1) is 20.9. The van der Waals surface area contributed by atoms with Gasteiger partial charge in [0.1, 0.15) is 17.9 Å². The minimum atomic E-state index is -3.05. The third kappa shape index (κ3) is 6.59. The third-order valence-electron chi connectivity index (χ3n) is 7.58. The Morgan fingerprint density at radius 1 is 1.23 bits per heavy atom. The van der Waals surface area contributed by atoms with Crippen molar-refractivity contribution in [3.63, 3.8) is 0 Å². The summed E-state index contributed by atoms with van der Waals surface area (Å²) in [5, 5.41) is 8.93. The number of hydrazine groups is 1. The highest BCUT2D eigenvalue weighted by molar-refractivity contribution is 8.00. The van der Waals surface area contributed by atoms with Gasteiger partial charge in [0, 0.05) is 55.2 Å². The summed E-state index contributed by atoms with van der Waals surface area (Å²) in [6, 6.07) is 5.90. The van der Waals surface area contributed by atoms with Gasteiger partial charge in [-0.3, -0.25) is 9.59 Å². The second-order valence-corrected chi connectivity index (χ2v) is 11.7. The standard InChI is InChI=1S/C28H32F2N8O4S/c1-2-35-8-10-36(11-9-35)24(39)15-37-14-22(33-27(40)21-13-32-38-7-3-6-31-26(21)38)25(34-37)20-12-18(43-19-16-41-17-19)4-5-23(20)42-28(29)30/h3-7,12-14,19,25,28,34H,2,8-11,15-17H2,1H3,(H,33,40). The highest BCUT2D eigenvalue weighted by Crippen LogP contribution is 2.38. The lowest BCUT2D eigenvalue weighted by Crippen LogP contribution is -2.51. The Bertz CT molecular complexity index is 1510. The molecule has 0 bridgehead atoms. The minimum absolute atomic E-state index is 0.0147. The molecule has 3 aliphatic rings. The second kappa shape index (κ2) is 12.8. The number of ether oxygens (including phenoxy) is 2. The summed E-state index contributed by atoms with van der Waals surface area (Å²) >= 11 is 1.58. The SMILES string of the molecule is CCN1CCN(C(=O)CN2C=C(NC(=O)c3cnn4cccnc34)C(c3cc(SC4COC4)ccc3OC(F)F)N2)CC1. The Morgan fingerprint density at radius 3 is 2.77 bits per heavy atom. The molecule has 2 saturated heterocycles. The van der Waals surface area contributed by atoms with Crippen molar-refractivity contribution in [2.45, 2.75) is 29.7 Å². The van der Waals surface area contributed by atoms with Crippen LogP contribution in [0.1, 0.15) is 28.9 Å². The van der Waals surface area contributed by atoms with E-state index in [1.54, 1.807) is 58.5 Å². The number of benzene rings is 1. The predicted octanol–water partition coefficient (Wildman–Crippen LogP) is 2.12. The van der Waals surface area contributed by atoms with Gasteiger partial charge in [-0.05, 0) is 30.8 Å². The largest absolute Gasteiger partial charge is 0.434 e. The molecule has 2 fully saturated rings. The van der Waals surface area contributed by atoms with Crippen molar-refractivity contribution in [3.8, 4) is 5.75 Å². The summed E-state index contributed by atoms with van der Waals surface area (Å²) in [4.78, 5) is 35.9. The van der Waals surface area contributed by atoms with Gasteiger partial charge in [-0.1, -0.05) is 6.92 Å². The number of nitrogens with zero attached hydrogens (tertiary/aromatic N) is 6. The first-order valence-electron chi connectivity index (χ1n) is 14.1. The van der Waals surface area contributed by atoms with Gasteiger partial charge >= 0.3 is 6.61 Å². The topological polar surface area (TPSA) is 117 Å². The number of alkyl halides is 2. The molecule has 1 atom stereocenters. The van der Waals surface area contributed by atoms with E-state index < -0.39 is 18.6 Å². The number of hydrogen-bond donors (Lipinski definition) is 2. The Balaban J connectivity index is 1.28. The number of hydrogen-bond acceptors (Lipinski definition) is 10. The van der Waals surface area contributed by atoms with E-state index in [1.165, 1.54) is 16.8 Å². The molecule has 3 aliphatic heterocycles. The van der Waals surface area contributed by atoms with Crippen molar-refractivity contribution in [2.24, 2.45) is 0 Å². The molecule has 43 heavy (non-hydrogen) atoms. The van der Waals surface area contributed by atoms with Crippen molar-refractivity contribution < 1.29 is 27.8 Å². The van der Waals surface area contributed by atoms with E-state index in [-0.39, 0.29) is 29.0 Å². The number of nitrogens with one attached hydrogen (secondary N) is 2. The number of likely N-dealkylation sites (N-methyl/N-ethyl adjacent to an activating group) is 1. The van der Waals surface area contributed by atoms with Gasteiger partial charge in [0.15, 0.2) is 5.65 Å². The number of carbonyl (C=O) groups excluding carboxylic acids is 2. The molecule has 5 heterocycles. The Morgan fingerprint density at radius 2 is 2.05 bits per heavy atom. The fraction of sp³-hybridized carbons (Fsp3) is 0.429. The molecule has 0 saturated carbocycles. The average molecular weight is 615 g/mol. The first-order valence-corrected chi connectivity index (χ1v) is 14.9. The van der Waals surface area contributed by atoms with E-state index in [2.05, 4.69) is 32.6 Å². The van der Waals surface area contributed by atoms with Gasteiger partial charge < -0.3 is 29.6 Å². The van der Waals surface area contributed by atoms with Crippen molar-refractivity contribution >= 4 is 29.2 Å². The number of rotatable bonds is 10. The molecule has 3 aromatic rings. The van der Waals surface area contributed by atoms with E-state index in [9.17, 15) is 18.4 Å². The van der Waals surface area contributed by atoms with Crippen molar-refractivity contribution in [3.05, 3.63) is 65.9 Å². The second-order valence-electron chi connectivity index (χ2n) is 10.3. The molecule has 2 aromatic heterocycles. The lowest BCUT2D eigenvalue weighted by Gasteiger charge is -2.35. The number of thioether (sulfide) groups is 1. The first kappa shape index (κ1) is 29.3. The van der Waals surface area contributed by atoms with E-state index in [4.69, 9.17) is 9.47 Å². The Labute approximate surface area is 251 Å². The highest BCUT2D eigenvalue weighted by Gasteiger charge is 2.33. The van der Waals surface area contributed by atoms with Gasteiger partial charge in [0.25, 0.3) is 5.91 Å². The van der Waals surface area contributed by atoms with E-state index in [1.807, 2.05) is 0 Å². The third-order valence-corrected chi connectivity index (χ3v) is 8.71. The van der Waals surface area contributed by atoms with Crippen LogP contribution in [0.3, 0.4) is 0 Å².